The van der Waals surface area contributed by atoms with Crippen LogP contribution in [0, 0.1) is 41.7 Å². The summed E-state index contributed by atoms with van der Waals surface area (Å²) in [5, 5.41) is 14.1. The van der Waals surface area contributed by atoms with Crippen molar-refractivity contribution in [3.63, 3.8) is 0 Å². The molecular formula is C25H26F2N6O. The van der Waals surface area contributed by atoms with Gasteiger partial charge in [-0.3, -0.25) is 4.79 Å². The number of likely N-dealkylation sites (tertiary alicyclic amines) is 1. The highest BCUT2D eigenvalue weighted by molar-refractivity contribution is 5.95. The molecule has 3 atom stereocenters. The van der Waals surface area contributed by atoms with E-state index < -0.39 is 23.1 Å². The second-order valence-electron chi connectivity index (χ2n) is 9.34. The Kier molecular flexibility index (Phi) is 5.68. The molecule has 0 spiro atoms. The average Bonchev–Trinajstić information content (AvgIpc) is 3.40. The molecule has 0 N–H and O–H groups in total. The Morgan fingerprint density at radius 2 is 1.97 bits per heavy atom. The van der Waals surface area contributed by atoms with Crippen LogP contribution in [-0.2, 0) is 0 Å². The van der Waals surface area contributed by atoms with Crippen molar-refractivity contribution in [1.82, 2.24) is 19.5 Å². The smallest absolute Gasteiger partial charge is 0.260 e. The Bertz CT molecular complexity index is 1280. The molecule has 2 aromatic heterocycles. The van der Waals surface area contributed by atoms with E-state index >= 15 is 0 Å². The van der Waals surface area contributed by atoms with Crippen LogP contribution in [0.5, 0.6) is 0 Å². The number of piperidine rings is 1. The van der Waals surface area contributed by atoms with Crippen LogP contribution < -0.4 is 4.90 Å². The lowest BCUT2D eigenvalue weighted by atomic mass is 9.98. The number of carbonyl (C=O) groups is 1. The Labute approximate surface area is 196 Å². The number of carbonyl (C=O) groups excluding carboxylic acids is 1. The van der Waals surface area contributed by atoms with Gasteiger partial charge >= 0.3 is 0 Å². The van der Waals surface area contributed by atoms with Gasteiger partial charge in [0.05, 0.1) is 23.7 Å². The van der Waals surface area contributed by atoms with Gasteiger partial charge in [0, 0.05) is 37.5 Å². The molecule has 0 unspecified atom stereocenters. The fourth-order valence-electron chi connectivity index (χ4n) is 5.14. The third kappa shape index (κ3) is 3.77. The van der Waals surface area contributed by atoms with Gasteiger partial charge in [-0.25, -0.2) is 18.3 Å². The second-order valence-corrected chi connectivity index (χ2v) is 9.34. The number of amides is 1. The minimum atomic E-state index is -0.859. The van der Waals surface area contributed by atoms with Crippen molar-refractivity contribution in [2.75, 3.05) is 24.5 Å². The first kappa shape index (κ1) is 22.3. The maximum atomic E-state index is 14.3. The van der Waals surface area contributed by atoms with Crippen molar-refractivity contribution < 1.29 is 13.6 Å². The van der Waals surface area contributed by atoms with Crippen molar-refractivity contribution >= 4 is 17.4 Å². The van der Waals surface area contributed by atoms with Crippen LogP contribution in [0.1, 0.15) is 53.8 Å². The third-order valence-corrected chi connectivity index (χ3v) is 6.98. The van der Waals surface area contributed by atoms with Gasteiger partial charge in [-0.05, 0) is 44.2 Å². The third-order valence-electron chi connectivity index (χ3n) is 6.98. The second kappa shape index (κ2) is 8.67. The molecule has 4 heterocycles. The molecule has 9 heteroatoms. The molecular weight excluding hydrogens is 438 g/mol. The van der Waals surface area contributed by atoms with E-state index in [9.17, 15) is 18.8 Å². The minimum Gasteiger partial charge on any atom is -0.355 e. The largest absolute Gasteiger partial charge is 0.355 e. The van der Waals surface area contributed by atoms with Crippen molar-refractivity contribution in [2.45, 2.75) is 39.2 Å². The Balaban J connectivity index is 1.48. The SMILES string of the molecule is Cc1cn2nc([C@@H]3CCCCN3C(=O)c3c(F)cccc3F)cc2nc1N1C[C@@H](C#N)[C@@H](C)C1. The van der Waals surface area contributed by atoms with Crippen LogP contribution in [0.3, 0.4) is 0 Å². The van der Waals surface area contributed by atoms with Gasteiger partial charge in [-0.15, -0.1) is 0 Å². The Morgan fingerprint density at radius 3 is 2.68 bits per heavy atom. The average molecular weight is 465 g/mol. The van der Waals surface area contributed by atoms with E-state index in [1.807, 2.05) is 19.2 Å². The monoisotopic (exact) mass is 464 g/mol. The summed E-state index contributed by atoms with van der Waals surface area (Å²) in [4.78, 5) is 21.7. The minimum absolute atomic E-state index is 0.0292. The van der Waals surface area contributed by atoms with Crippen molar-refractivity contribution in [3.8, 4) is 6.07 Å². The highest BCUT2D eigenvalue weighted by Gasteiger charge is 2.34. The molecule has 2 aliphatic heterocycles. The maximum Gasteiger partial charge on any atom is 0.260 e. The molecule has 3 aromatic rings. The zero-order valence-electron chi connectivity index (χ0n) is 19.2. The van der Waals surface area contributed by atoms with E-state index in [-0.39, 0.29) is 17.9 Å². The fourth-order valence-corrected chi connectivity index (χ4v) is 5.14. The molecule has 2 fully saturated rings. The topological polar surface area (TPSA) is 77.5 Å². The predicted molar refractivity (Wildman–Crippen MR) is 122 cm³/mol. The van der Waals surface area contributed by atoms with E-state index in [1.54, 1.807) is 4.52 Å². The van der Waals surface area contributed by atoms with Crippen molar-refractivity contribution in [2.24, 2.45) is 11.8 Å². The van der Waals surface area contributed by atoms with Gasteiger partial charge in [0.15, 0.2) is 5.65 Å². The number of anilines is 1. The Hall–Kier alpha value is -3.54. The van der Waals surface area contributed by atoms with Gasteiger partial charge in [-0.2, -0.15) is 10.4 Å². The number of aromatic nitrogens is 3. The van der Waals surface area contributed by atoms with Crippen LogP contribution in [0.2, 0.25) is 0 Å². The van der Waals surface area contributed by atoms with Crippen LogP contribution in [-0.4, -0.2) is 45.0 Å². The van der Waals surface area contributed by atoms with E-state index in [4.69, 9.17) is 4.98 Å². The fraction of sp³-hybridized carbons (Fsp3) is 0.440. The molecule has 7 nitrogen and oxygen atoms in total. The van der Waals surface area contributed by atoms with Crippen LogP contribution in [0.25, 0.3) is 5.65 Å². The van der Waals surface area contributed by atoms with Crippen molar-refractivity contribution in [3.05, 3.63) is 58.9 Å². The number of nitrogens with zero attached hydrogens (tertiary/aromatic N) is 6. The number of benzene rings is 1. The highest BCUT2D eigenvalue weighted by Crippen LogP contribution is 2.34. The lowest BCUT2D eigenvalue weighted by molar-refractivity contribution is 0.0595. The summed E-state index contributed by atoms with van der Waals surface area (Å²) in [7, 11) is 0. The number of rotatable bonds is 3. The number of hydrogen-bond acceptors (Lipinski definition) is 5. The lowest BCUT2D eigenvalue weighted by Gasteiger charge is -2.34. The first-order valence-corrected chi connectivity index (χ1v) is 11.6. The van der Waals surface area contributed by atoms with Crippen molar-refractivity contribution in [1.29, 1.82) is 5.26 Å². The summed E-state index contributed by atoms with van der Waals surface area (Å²) in [6.45, 7) is 5.85. The summed E-state index contributed by atoms with van der Waals surface area (Å²) < 4.78 is 30.3. The van der Waals surface area contributed by atoms with E-state index in [0.717, 1.165) is 42.9 Å². The normalized spacial score (nSPS) is 22.9. The van der Waals surface area contributed by atoms with Gasteiger partial charge in [0.2, 0.25) is 0 Å². The van der Waals surface area contributed by atoms with E-state index in [1.165, 1.54) is 11.0 Å². The first-order chi connectivity index (χ1) is 16.4. The van der Waals surface area contributed by atoms with Gasteiger partial charge in [-0.1, -0.05) is 13.0 Å². The molecule has 2 saturated heterocycles. The number of aryl methyl sites for hydroxylation is 1. The molecule has 0 radical (unpaired) electrons. The molecule has 34 heavy (non-hydrogen) atoms. The molecule has 0 bridgehead atoms. The van der Waals surface area contributed by atoms with Crippen LogP contribution in [0.4, 0.5) is 14.6 Å². The standard InChI is InChI=1S/C25H26F2N6O/c1-15-12-31(14-17(15)11-28)24-16(2)13-33-22(29-24)10-20(30-33)21-8-3-4-9-32(21)25(34)23-18(26)6-5-7-19(23)27/h5-7,10,13,15,17,21H,3-4,8-9,12,14H2,1-2H3/t15-,17+,21-/m0/s1. The predicted octanol–water partition coefficient (Wildman–Crippen LogP) is 4.28. The van der Waals surface area contributed by atoms with E-state index in [2.05, 4.69) is 23.0 Å². The summed E-state index contributed by atoms with van der Waals surface area (Å²) >= 11 is 0. The molecule has 176 valence electrons. The zero-order valence-corrected chi connectivity index (χ0v) is 19.2. The number of halogens is 2. The lowest BCUT2D eigenvalue weighted by Crippen LogP contribution is -2.39. The molecule has 1 aromatic carbocycles. The number of fused-ring (bicyclic) bond motifs is 1. The van der Waals surface area contributed by atoms with E-state index in [0.29, 0.717) is 30.9 Å². The Morgan fingerprint density at radius 1 is 1.21 bits per heavy atom. The zero-order chi connectivity index (χ0) is 24.0. The van der Waals surface area contributed by atoms with Gasteiger partial charge in [0.1, 0.15) is 23.0 Å². The first-order valence-electron chi connectivity index (χ1n) is 11.6. The van der Waals surface area contributed by atoms with Crippen LogP contribution >= 0.6 is 0 Å². The summed E-state index contributed by atoms with van der Waals surface area (Å²) in [6.07, 6.45) is 4.21. The maximum absolute atomic E-state index is 14.3. The summed E-state index contributed by atoms with van der Waals surface area (Å²) in [5.41, 5.74) is 1.71. The van der Waals surface area contributed by atoms with Crippen LogP contribution in [0.15, 0.2) is 30.5 Å². The number of nitriles is 1. The summed E-state index contributed by atoms with van der Waals surface area (Å²) in [5.74, 6) is -1.31. The number of hydrogen-bond donors (Lipinski definition) is 0. The van der Waals surface area contributed by atoms with Gasteiger partial charge < -0.3 is 9.80 Å². The molecule has 1 amide bonds. The molecule has 0 aliphatic carbocycles. The molecule has 5 rings (SSSR count). The highest BCUT2D eigenvalue weighted by atomic mass is 19.1. The summed E-state index contributed by atoms with van der Waals surface area (Å²) in [6, 6.07) is 7.29. The molecule has 0 saturated carbocycles. The quantitative estimate of drug-likeness (QED) is 0.578. The molecule has 2 aliphatic rings. The van der Waals surface area contributed by atoms with Gasteiger partial charge in [0.25, 0.3) is 5.91 Å².